The van der Waals surface area contributed by atoms with E-state index in [9.17, 15) is 18.0 Å². The molecule has 0 N–H and O–H groups in total. The molecule has 0 aliphatic heterocycles. The molecule has 0 aliphatic rings. The van der Waals surface area contributed by atoms with Crippen LogP contribution in [0.25, 0.3) is 11.4 Å². The highest BCUT2D eigenvalue weighted by molar-refractivity contribution is 5.91. The molecule has 134 valence electrons. The van der Waals surface area contributed by atoms with Crippen LogP contribution in [0.1, 0.15) is 21.5 Å². The van der Waals surface area contributed by atoms with Gasteiger partial charge in [0.2, 0.25) is 0 Å². The third-order valence-corrected chi connectivity index (χ3v) is 3.95. The van der Waals surface area contributed by atoms with Crippen LogP contribution in [-0.4, -0.2) is 22.6 Å². The van der Waals surface area contributed by atoms with Crippen LogP contribution in [0.4, 0.5) is 13.2 Å². The topological polar surface area (TPSA) is 44.1 Å². The van der Waals surface area contributed by atoms with Crippen LogP contribution >= 0.6 is 0 Å². The molecule has 0 spiro atoms. The van der Waals surface area contributed by atoms with Crippen LogP contribution in [-0.2, 0) is 17.5 Å². The summed E-state index contributed by atoms with van der Waals surface area (Å²) in [5.41, 5.74) is 0.219. The van der Waals surface area contributed by atoms with Gasteiger partial charge in [-0.25, -0.2) is 9.78 Å². The molecule has 0 saturated heterocycles. The number of ether oxygens (including phenoxy) is 1. The number of hydrogen-bond acceptors (Lipinski definition) is 3. The van der Waals surface area contributed by atoms with Crippen molar-refractivity contribution < 1.29 is 22.7 Å². The van der Waals surface area contributed by atoms with E-state index in [4.69, 9.17) is 4.74 Å². The number of carbonyl (C=O) groups excluding carboxylic acids is 1. The van der Waals surface area contributed by atoms with Crippen LogP contribution in [0.2, 0.25) is 0 Å². The average molecular weight is 360 g/mol. The number of alkyl halides is 3. The second-order valence-electron chi connectivity index (χ2n) is 5.57. The third kappa shape index (κ3) is 3.46. The molecule has 0 radical (unpaired) electrons. The predicted octanol–water partition coefficient (Wildman–Crippen LogP) is 4.40. The van der Waals surface area contributed by atoms with E-state index >= 15 is 0 Å². The van der Waals surface area contributed by atoms with Gasteiger partial charge in [0, 0.05) is 24.5 Å². The molecule has 0 fully saturated rings. The Hall–Kier alpha value is -3.09. The van der Waals surface area contributed by atoms with Crippen LogP contribution in [0.3, 0.4) is 0 Å². The van der Waals surface area contributed by atoms with Crippen LogP contribution in [0, 0.1) is 0 Å². The van der Waals surface area contributed by atoms with Gasteiger partial charge in [-0.05, 0) is 17.7 Å². The summed E-state index contributed by atoms with van der Waals surface area (Å²) in [4.78, 5) is 16.0. The monoisotopic (exact) mass is 360 g/mol. The molecule has 26 heavy (non-hydrogen) atoms. The average Bonchev–Trinajstić information content (AvgIpc) is 3.09. The molecule has 3 rings (SSSR count). The number of benzene rings is 2. The summed E-state index contributed by atoms with van der Waals surface area (Å²) in [7, 11) is 1.28. The lowest BCUT2D eigenvalue weighted by atomic mass is 10.1. The molecule has 0 saturated carbocycles. The van der Waals surface area contributed by atoms with Gasteiger partial charge in [-0.15, -0.1) is 0 Å². The van der Waals surface area contributed by atoms with Gasteiger partial charge in [0.1, 0.15) is 5.82 Å². The van der Waals surface area contributed by atoms with Crippen LogP contribution in [0.15, 0.2) is 60.9 Å². The summed E-state index contributed by atoms with van der Waals surface area (Å²) in [5.74, 6) is -0.324. The van der Waals surface area contributed by atoms with Gasteiger partial charge in [0.15, 0.2) is 0 Å². The van der Waals surface area contributed by atoms with Gasteiger partial charge in [-0.2, -0.15) is 13.2 Å². The lowest BCUT2D eigenvalue weighted by molar-refractivity contribution is -0.137. The van der Waals surface area contributed by atoms with E-state index in [1.54, 1.807) is 35.0 Å². The van der Waals surface area contributed by atoms with Crippen molar-refractivity contribution in [3.05, 3.63) is 77.6 Å². The van der Waals surface area contributed by atoms with Crippen molar-refractivity contribution in [2.75, 3.05) is 7.11 Å². The minimum absolute atomic E-state index is 0.0134. The number of nitrogens with zero attached hydrogens (tertiary/aromatic N) is 2. The summed E-state index contributed by atoms with van der Waals surface area (Å²) in [6, 6.07) is 12.1. The summed E-state index contributed by atoms with van der Waals surface area (Å²) in [6.07, 6.45) is -1.48. The van der Waals surface area contributed by atoms with Gasteiger partial charge in [-0.3, -0.25) is 0 Å². The maximum absolute atomic E-state index is 13.3. The Morgan fingerprint density at radius 2 is 1.81 bits per heavy atom. The van der Waals surface area contributed by atoms with Crippen LogP contribution in [0.5, 0.6) is 0 Å². The van der Waals surface area contributed by atoms with Crippen molar-refractivity contribution in [2.45, 2.75) is 12.7 Å². The summed E-state index contributed by atoms with van der Waals surface area (Å²) >= 11 is 0. The first-order valence-electron chi connectivity index (χ1n) is 7.75. The summed E-state index contributed by atoms with van der Waals surface area (Å²) < 4.78 is 46.3. The second-order valence-corrected chi connectivity index (χ2v) is 5.57. The Labute approximate surface area is 147 Å². The fourth-order valence-electron chi connectivity index (χ4n) is 2.76. The molecule has 1 heterocycles. The summed E-state index contributed by atoms with van der Waals surface area (Å²) in [5, 5.41) is 0. The minimum Gasteiger partial charge on any atom is -0.465 e. The van der Waals surface area contributed by atoms with Gasteiger partial charge in [-0.1, -0.05) is 36.4 Å². The Kier molecular flexibility index (Phi) is 4.79. The molecule has 4 nitrogen and oxygen atoms in total. The van der Waals surface area contributed by atoms with E-state index in [1.165, 1.54) is 31.5 Å². The molecule has 0 atom stereocenters. The van der Waals surface area contributed by atoms with E-state index in [0.29, 0.717) is 11.1 Å². The van der Waals surface area contributed by atoms with Gasteiger partial charge in [0.05, 0.1) is 18.2 Å². The normalized spacial score (nSPS) is 11.4. The molecule has 7 heteroatoms. The molecule has 2 aromatic carbocycles. The number of esters is 1. The second kappa shape index (κ2) is 7.03. The van der Waals surface area contributed by atoms with Crippen LogP contribution < -0.4 is 0 Å². The predicted molar refractivity (Wildman–Crippen MR) is 89.5 cm³/mol. The molecule has 0 aliphatic carbocycles. The number of rotatable bonds is 4. The lowest BCUT2D eigenvalue weighted by Crippen LogP contribution is -2.11. The molecule has 0 unspecified atom stereocenters. The molecule has 3 aromatic rings. The number of halogens is 3. The quantitative estimate of drug-likeness (QED) is 0.648. The summed E-state index contributed by atoms with van der Waals surface area (Å²) in [6.45, 7) is 0.187. The third-order valence-electron chi connectivity index (χ3n) is 3.95. The Balaban J connectivity index is 2.04. The van der Waals surface area contributed by atoms with Gasteiger partial charge in [0.25, 0.3) is 0 Å². The minimum atomic E-state index is -4.49. The van der Waals surface area contributed by atoms with Gasteiger partial charge < -0.3 is 9.30 Å². The Bertz CT molecular complexity index is 932. The number of aromatic nitrogens is 2. The standard InChI is InChI=1S/C19H15F3N2O2/c1-26-18(25)14-7-3-2-6-13(14)12-24-11-10-23-17(24)15-8-4-5-9-16(15)19(20,21)22/h2-11H,12H2,1H3. The first kappa shape index (κ1) is 17.7. The van der Waals surface area contributed by atoms with E-state index in [-0.39, 0.29) is 17.9 Å². The lowest BCUT2D eigenvalue weighted by Gasteiger charge is -2.15. The number of methoxy groups -OCH3 is 1. The number of carbonyl (C=O) groups is 1. The first-order valence-corrected chi connectivity index (χ1v) is 7.75. The SMILES string of the molecule is COC(=O)c1ccccc1Cn1ccnc1-c1ccccc1C(F)(F)F. The van der Waals surface area contributed by atoms with Crippen molar-refractivity contribution in [1.82, 2.24) is 9.55 Å². The van der Waals surface area contributed by atoms with Crippen molar-refractivity contribution in [3.8, 4) is 11.4 Å². The van der Waals surface area contributed by atoms with Crippen molar-refractivity contribution in [3.63, 3.8) is 0 Å². The Morgan fingerprint density at radius 1 is 1.12 bits per heavy atom. The number of hydrogen-bond donors (Lipinski definition) is 0. The molecule has 0 amide bonds. The van der Waals surface area contributed by atoms with Crippen molar-refractivity contribution in [1.29, 1.82) is 0 Å². The molecule has 0 bridgehead atoms. The Morgan fingerprint density at radius 3 is 2.54 bits per heavy atom. The van der Waals surface area contributed by atoms with E-state index in [0.717, 1.165) is 6.07 Å². The zero-order chi connectivity index (χ0) is 18.7. The highest BCUT2D eigenvalue weighted by Gasteiger charge is 2.34. The van der Waals surface area contributed by atoms with E-state index in [1.807, 2.05) is 0 Å². The molecular formula is C19H15F3N2O2. The highest BCUT2D eigenvalue weighted by atomic mass is 19.4. The zero-order valence-electron chi connectivity index (χ0n) is 13.8. The fraction of sp³-hybridized carbons (Fsp3) is 0.158. The number of imidazole rings is 1. The fourth-order valence-corrected chi connectivity index (χ4v) is 2.76. The first-order chi connectivity index (χ1) is 12.4. The molecule has 1 aromatic heterocycles. The maximum atomic E-state index is 13.3. The van der Waals surface area contributed by atoms with Gasteiger partial charge >= 0.3 is 12.1 Å². The van der Waals surface area contributed by atoms with Crippen molar-refractivity contribution in [2.24, 2.45) is 0 Å². The van der Waals surface area contributed by atoms with Crippen molar-refractivity contribution >= 4 is 5.97 Å². The highest BCUT2D eigenvalue weighted by Crippen LogP contribution is 2.36. The van der Waals surface area contributed by atoms with E-state index < -0.39 is 17.7 Å². The zero-order valence-corrected chi connectivity index (χ0v) is 13.8. The van der Waals surface area contributed by atoms with E-state index in [2.05, 4.69) is 4.98 Å². The maximum Gasteiger partial charge on any atom is 0.417 e. The largest absolute Gasteiger partial charge is 0.465 e. The molecular weight excluding hydrogens is 345 g/mol. The smallest absolute Gasteiger partial charge is 0.417 e.